The van der Waals surface area contributed by atoms with Crippen molar-refractivity contribution in [2.45, 2.75) is 32.2 Å². The predicted octanol–water partition coefficient (Wildman–Crippen LogP) is 1.03. The van der Waals surface area contributed by atoms with Gasteiger partial charge in [0.05, 0.1) is 13.2 Å². The normalized spacial score (nSPS) is 25.6. The van der Waals surface area contributed by atoms with Crippen molar-refractivity contribution < 1.29 is 4.74 Å². The highest BCUT2D eigenvalue weighted by atomic mass is 16.5. The average molecular weight is 269 g/mol. The third-order valence-corrected chi connectivity index (χ3v) is 4.69. The molecule has 0 saturated carbocycles. The van der Waals surface area contributed by atoms with Crippen LogP contribution in [0, 0.1) is 5.92 Å². The summed E-state index contributed by atoms with van der Waals surface area (Å²) >= 11 is 0. The largest absolute Gasteiger partial charge is 0.379 e. The SMILES string of the molecule is CC(NCCCN1CCOCC1)C1CCN(C)CC1. The number of ether oxygens (including phenoxy) is 1. The molecule has 1 unspecified atom stereocenters. The highest BCUT2D eigenvalue weighted by Gasteiger charge is 2.21. The Hall–Kier alpha value is -0.160. The topological polar surface area (TPSA) is 27.7 Å². The maximum Gasteiger partial charge on any atom is 0.0594 e. The molecule has 0 spiro atoms. The second-order valence-electron chi connectivity index (χ2n) is 6.19. The molecule has 2 saturated heterocycles. The molecule has 0 aliphatic carbocycles. The van der Waals surface area contributed by atoms with Gasteiger partial charge in [0.1, 0.15) is 0 Å². The number of piperidine rings is 1. The summed E-state index contributed by atoms with van der Waals surface area (Å²) in [6.07, 6.45) is 3.97. The number of hydrogen-bond acceptors (Lipinski definition) is 4. The molecule has 0 aromatic carbocycles. The Labute approximate surface area is 118 Å². The number of hydrogen-bond donors (Lipinski definition) is 1. The van der Waals surface area contributed by atoms with E-state index in [0.29, 0.717) is 6.04 Å². The molecule has 0 amide bonds. The van der Waals surface area contributed by atoms with Gasteiger partial charge in [0.15, 0.2) is 0 Å². The summed E-state index contributed by atoms with van der Waals surface area (Å²) in [5, 5.41) is 3.73. The van der Waals surface area contributed by atoms with Crippen molar-refractivity contribution in [3.8, 4) is 0 Å². The van der Waals surface area contributed by atoms with Gasteiger partial charge in [-0.2, -0.15) is 0 Å². The molecule has 2 aliphatic rings. The number of nitrogens with zero attached hydrogens (tertiary/aromatic N) is 2. The van der Waals surface area contributed by atoms with E-state index in [9.17, 15) is 0 Å². The van der Waals surface area contributed by atoms with Crippen LogP contribution in [0.1, 0.15) is 26.2 Å². The van der Waals surface area contributed by atoms with E-state index in [1.807, 2.05) is 0 Å². The number of nitrogens with one attached hydrogen (secondary N) is 1. The molecule has 19 heavy (non-hydrogen) atoms. The van der Waals surface area contributed by atoms with Crippen molar-refractivity contribution >= 4 is 0 Å². The monoisotopic (exact) mass is 269 g/mol. The number of likely N-dealkylation sites (tertiary alicyclic amines) is 1. The summed E-state index contributed by atoms with van der Waals surface area (Å²) < 4.78 is 5.37. The first-order valence-corrected chi connectivity index (χ1v) is 7.98. The van der Waals surface area contributed by atoms with Crippen molar-refractivity contribution in [3.63, 3.8) is 0 Å². The van der Waals surface area contributed by atoms with Crippen LogP contribution in [-0.2, 0) is 4.74 Å². The Morgan fingerprint density at radius 3 is 2.53 bits per heavy atom. The summed E-state index contributed by atoms with van der Waals surface area (Å²) in [6.45, 7) is 11.3. The minimum atomic E-state index is 0.679. The molecule has 2 rings (SSSR count). The lowest BCUT2D eigenvalue weighted by atomic mass is 9.90. The van der Waals surface area contributed by atoms with Crippen molar-refractivity contribution in [2.75, 3.05) is 59.5 Å². The van der Waals surface area contributed by atoms with Crippen LogP contribution in [0.25, 0.3) is 0 Å². The fourth-order valence-electron chi connectivity index (χ4n) is 3.15. The fourth-order valence-corrected chi connectivity index (χ4v) is 3.15. The third kappa shape index (κ3) is 5.38. The van der Waals surface area contributed by atoms with Gasteiger partial charge in [-0.1, -0.05) is 0 Å². The van der Waals surface area contributed by atoms with E-state index < -0.39 is 0 Å². The van der Waals surface area contributed by atoms with E-state index in [2.05, 4.69) is 29.1 Å². The molecule has 2 fully saturated rings. The zero-order valence-electron chi connectivity index (χ0n) is 12.7. The Bertz CT molecular complexity index is 236. The van der Waals surface area contributed by atoms with Gasteiger partial charge in [-0.3, -0.25) is 4.90 Å². The Morgan fingerprint density at radius 2 is 1.84 bits per heavy atom. The van der Waals surface area contributed by atoms with Gasteiger partial charge < -0.3 is 15.0 Å². The minimum absolute atomic E-state index is 0.679. The molecule has 0 aromatic rings. The lowest BCUT2D eigenvalue weighted by Crippen LogP contribution is -2.42. The van der Waals surface area contributed by atoms with Crippen molar-refractivity contribution in [1.29, 1.82) is 0 Å². The van der Waals surface area contributed by atoms with Crippen LogP contribution in [0.4, 0.5) is 0 Å². The molecular formula is C15H31N3O. The van der Waals surface area contributed by atoms with Crippen LogP contribution < -0.4 is 5.32 Å². The highest BCUT2D eigenvalue weighted by Crippen LogP contribution is 2.19. The second-order valence-corrected chi connectivity index (χ2v) is 6.19. The Kier molecular flexibility index (Phi) is 6.57. The molecule has 0 aromatic heterocycles. The molecule has 4 heteroatoms. The predicted molar refractivity (Wildman–Crippen MR) is 79.6 cm³/mol. The van der Waals surface area contributed by atoms with Crippen molar-refractivity contribution in [1.82, 2.24) is 15.1 Å². The first-order chi connectivity index (χ1) is 9.25. The van der Waals surface area contributed by atoms with Crippen LogP contribution in [-0.4, -0.2) is 75.4 Å². The van der Waals surface area contributed by atoms with Crippen LogP contribution in [0.5, 0.6) is 0 Å². The summed E-state index contributed by atoms with van der Waals surface area (Å²) in [6, 6.07) is 0.679. The molecule has 0 radical (unpaired) electrons. The zero-order valence-corrected chi connectivity index (χ0v) is 12.7. The molecule has 1 N–H and O–H groups in total. The fraction of sp³-hybridized carbons (Fsp3) is 1.00. The smallest absolute Gasteiger partial charge is 0.0594 e. The van der Waals surface area contributed by atoms with Crippen LogP contribution in [0.2, 0.25) is 0 Å². The second kappa shape index (κ2) is 8.20. The standard InChI is InChI=1S/C15H31N3O/c1-14(15-4-8-17(2)9-5-15)16-6-3-7-18-10-12-19-13-11-18/h14-16H,3-13H2,1-2H3. The Balaban J connectivity index is 1.52. The number of morpholine rings is 1. The molecule has 0 bridgehead atoms. The van der Waals surface area contributed by atoms with Gasteiger partial charge in [-0.25, -0.2) is 0 Å². The van der Waals surface area contributed by atoms with E-state index in [-0.39, 0.29) is 0 Å². The highest BCUT2D eigenvalue weighted by molar-refractivity contribution is 4.78. The van der Waals surface area contributed by atoms with Crippen LogP contribution in [0.3, 0.4) is 0 Å². The van der Waals surface area contributed by atoms with E-state index in [0.717, 1.165) is 38.8 Å². The molecule has 2 heterocycles. The van der Waals surface area contributed by atoms with E-state index in [4.69, 9.17) is 4.74 Å². The molecule has 2 aliphatic heterocycles. The van der Waals surface area contributed by atoms with Gasteiger partial charge in [-0.05, 0) is 65.3 Å². The molecule has 4 nitrogen and oxygen atoms in total. The average Bonchev–Trinajstić information content (AvgIpc) is 2.45. The lowest BCUT2D eigenvalue weighted by Gasteiger charge is -2.33. The van der Waals surface area contributed by atoms with Gasteiger partial charge in [0.2, 0.25) is 0 Å². The van der Waals surface area contributed by atoms with Crippen LogP contribution in [0.15, 0.2) is 0 Å². The Morgan fingerprint density at radius 1 is 1.16 bits per heavy atom. The molecule has 112 valence electrons. The van der Waals surface area contributed by atoms with Gasteiger partial charge in [-0.15, -0.1) is 0 Å². The summed E-state index contributed by atoms with van der Waals surface area (Å²) in [5.41, 5.74) is 0. The van der Waals surface area contributed by atoms with Gasteiger partial charge in [0, 0.05) is 19.1 Å². The first-order valence-electron chi connectivity index (χ1n) is 7.98. The van der Waals surface area contributed by atoms with E-state index in [1.165, 1.54) is 38.9 Å². The van der Waals surface area contributed by atoms with E-state index in [1.54, 1.807) is 0 Å². The summed E-state index contributed by atoms with van der Waals surface area (Å²) in [5.74, 6) is 0.875. The number of rotatable bonds is 6. The van der Waals surface area contributed by atoms with E-state index >= 15 is 0 Å². The quantitative estimate of drug-likeness (QED) is 0.729. The van der Waals surface area contributed by atoms with Gasteiger partial charge in [0.25, 0.3) is 0 Å². The minimum Gasteiger partial charge on any atom is -0.379 e. The summed E-state index contributed by atoms with van der Waals surface area (Å²) in [4.78, 5) is 4.97. The summed E-state index contributed by atoms with van der Waals surface area (Å²) in [7, 11) is 2.23. The maximum absolute atomic E-state index is 5.37. The maximum atomic E-state index is 5.37. The zero-order chi connectivity index (χ0) is 13.5. The third-order valence-electron chi connectivity index (χ3n) is 4.69. The van der Waals surface area contributed by atoms with Crippen molar-refractivity contribution in [2.24, 2.45) is 5.92 Å². The molecule has 1 atom stereocenters. The lowest BCUT2D eigenvalue weighted by molar-refractivity contribution is 0.0373. The van der Waals surface area contributed by atoms with Gasteiger partial charge >= 0.3 is 0 Å². The van der Waals surface area contributed by atoms with Crippen molar-refractivity contribution in [3.05, 3.63) is 0 Å². The first kappa shape index (κ1) is 15.2. The molecular weight excluding hydrogens is 238 g/mol. The van der Waals surface area contributed by atoms with Crippen LogP contribution >= 0.6 is 0 Å².